The van der Waals surface area contributed by atoms with E-state index in [-0.39, 0.29) is 0 Å². The van der Waals surface area contributed by atoms with Crippen LogP contribution in [-0.4, -0.2) is 10.2 Å². The summed E-state index contributed by atoms with van der Waals surface area (Å²) in [5.41, 5.74) is 3.12. The molecule has 0 amide bonds. The Morgan fingerprint density at radius 2 is 2.47 bits per heavy atom. The van der Waals surface area contributed by atoms with Crippen LogP contribution in [0.25, 0.3) is 0 Å². The summed E-state index contributed by atoms with van der Waals surface area (Å²) in [4.78, 5) is 0. The Hall–Kier alpha value is -1.30. The number of nitrogens with one attached hydrogen (secondary N) is 1. The molecule has 0 aliphatic heterocycles. The van der Waals surface area contributed by atoms with Crippen molar-refractivity contribution in [3.05, 3.63) is 17.0 Å². The number of rotatable bonds is 3. The Labute approximate surface area is 89.5 Å². The zero-order valence-electron chi connectivity index (χ0n) is 8.95. The van der Waals surface area contributed by atoms with E-state index in [1.54, 1.807) is 0 Å². The van der Waals surface area contributed by atoms with Crippen LogP contribution in [-0.2, 0) is 6.42 Å². The maximum Gasteiger partial charge on any atom is 0.138 e. The molecule has 0 spiro atoms. The third-order valence-electron chi connectivity index (χ3n) is 3.99. The summed E-state index contributed by atoms with van der Waals surface area (Å²) in [6.45, 7) is 2.24. The molecule has 3 heteroatoms. The predicted molar refractivity (Wildman–Crippen MR) is 56.3 cm³/mol. The average Bonchev–Trinajstić information content (AvgIpc) is 2.62. The molecule has 2 aliphatic carbocycles. The summed E-state index contributed by atoms with van der Waals surface area (Å²) in [5.74, 6) is 2.37. The van der Waals surface area contributed by atoms with E-state index >= 15 is 0 Å². The highest BCUT2D eigenvalue weighted by Crippen LogP contribution is 2.62. The van der Waals surface area contributed by atoms with E-state index in [2.05, 4.69) is 23.2 Å². The zero-order chi connectivity index (χ0) is 10.4. The van der Waals surface area contributed by atoms with Crippen LogP contribution in [0.3, 0.4) is 0 Å². The number of fused-ring (bicyclic) bond motifs is 3. The minimum absolute atomic E-state index is 0.685. The van der Waals surface area contributed by atoms with Crippen LogP contribution in [0, 0.1) is 23.2 Å². The van der Waals surface area contributed by atoms with Gasteiger partial charge in [0.05, 0.1) is 5.69 Å². The van der Waals surface area contributed by atoms with E-state index in [0.29, 0.717) is 11.6 Å². The Morgan fingerprint density at radius 3 is 3.20 bits per heavy atom. The first-order valence-corrected chi connectivity index (χ1v) is 5.84. The molecule has 0 radical (unpaired) electrons. The van der Waals surface area contributed by atoms with E-state index in [0.717, 1.165) is 18.3 Å². The normalized spacial score (nSPS) is 30.8. The average molecular weight is 201 g/mol. The van der Waals surface area contributed by atoms with E-state index in [9.17, 15) is 0 Å². The van der Waals surface area contributed by atoms with Gasteiger partial charge in [0.25, 0.3) is 0 Å². The second-order valence-corrected chi connectivity index (χ2v) is 4.77. The Kier molecular flexibility index (Phi) is 1.85. The molecule has 3 rings (SSSR count). The topological polar surface area (TPSA) is 52.5 Å². The standard InChI is InChI=1S/C12H15N3/c1-2-3-4-7-8-5-9-10(6-13)14-15-12(9)11(7)8/h7-8,11H,2-5H2,1H3,(H,14,15)/t7-,8-,11+/m0/s1. The summed E-state index contributed by atoms with van der Waals surface area (Å²) in [6, 6.07) is 2.19. The van der Waals surface area contributed by atoms with Crippen LogP contribution in [0.15, 0.2) is 0 Å². The number of nitrogens with zero attached hydrogens (tertiary/aromatic N) is 2. The number of unbranched alkanes of at least 4 members (excludes halogenated alkanes) is 1. The molecule has 1 N–H and O–H groups in total. The molecule has 0 bridgehead atoms. The van der Waals surface area contributed by atoms with Crippen molar-refractivity contribution >= 4 is 0 Å². The Morgan fingerprint density at radius 1 is 1.60 bits per heavy atom. The zero-order valence-corrected chi connectivity index (χ0v) is 8.95. The molecule has 1 heterocycles. The van der Waals surface area contributed by atoms with Crippen LogP contribution < -0.4 is 0 Å². The van der Waals surface area contributed by atoms with Gasteiger partial charge in [-0.2, -0.15) is 10.4 Å². The van der Waals surface area contributed by atoms with E-state index in [1.807, 2.05) is 0 Å². The molecule has 1 aromatic rings. The van der Waals surface area contributed by atoms with Gasteiger partial charge in [-0.1, -0.05) is 19.8 Å². The van der Waals surface area contributed by atoms with Gasteiger partial charge in [-0.05, 0) is 24.7 Å². The number of H-pyrrole nitrogens is 1. The maximum atomic E-state index is 8.88. The molecule has 0 aromatic carbocycles. The molecule has 3 nitrogen and oxygen atoms in total. The lowest BCUT2D eigenvalue weighted by Crippen LogP contribution is -1.93. The molecule has 2 aliphatic rings. The number of aromatic nitrogens is 2. The minimum Gasteiger partial charge on any atom is -0.267 e. The molecule has 0 unspecified atom stereocenters. The second-order valence-electron chi connectivity index (χ2n) is 4.77. The molecule has 78 valence electrons. The fourth-order valence-corrected chi connectivity index (χ4v) is 3.15. The lowest BCUT2D eigenvalue weighted by atomic mass is 10.0. The first-order valence-electron chi connectivity index (χ1n) is 5.84. The van der Waals surface area contributed by atoms with Gasteiger partial charge in [-0.3, -0.25) is 5.10 Å². The fourth-order valence-electron chi connectivity index (χ4n) is 3.15. The fraction of sp³-hybridized carbons (Fsp3) is 0.667. The van der Waals surface area contributed by atoms with Gasteiger partial charge in [0.15, 0.2) is 0 Å². The van der Waals surface area contributed by atoms with Crippen molar-refractivity contribution in [2.24, 2.45) is 11.8 Å². The third-order valence-corrected chi connectivity index (χ3v) is 3.99. The van der Waals surface area contributed by atoms with Crippen molar-refractivity contribution in [2.75, 3.05) is 0 Å². The molecule has 1 saturated carbocycles. The van der Waals surface area contributed by atoms with Crippen molar-refractivity contribution in [3.8, 4) is 6.07 Å². The van der Waals surface area contributed by atoms with Crippen molar-refractivity contribution in [3.63, 3.8) is 0 Å². The van der Waals surface area contributed by atoms with Crippen LogP contribution in [0.5, 0.6) is 0 Å². The first-order chi connectivity index (χ1) is 7.36. The van der Waals surface area contributed by atoms with Crippen molar-refractivity contribution in [2.45, 2.75) is 38.5 Å². The van der Waals surface area contributed by atoms with Crippen molar-refractivity contribution in [1.82, 2.24) is 10.2 Å². The molecular weight excluding hydrogens is 186 g/mol. The Balaban J connectivity index is 1.77. The highest BCUT2D eigenvalue weighted by atomic mass is 15.1. The summed E-state index contributed by atoms with van der Waals surface area (Å²) in [7, 11) is 0. The van der Waals surface area contributed by atoms with E-state index in [1.165, 1.54) is 30.5 Å². The molecule has 1 aromatic heterocycles. The summed E-state index contributed by atoms with van der Waals surface area (Å²) in [6.07, 6.45) is 5.06. The number of hydrogen-bond donors (Lipinski definition) is 1. The summed E-state index contributed by atoms with van der Waals surface area (Å²) < 4.78 is 0. The lowest BCUT2D eigenvalue weighted by molar-refractivity contribution is 0.590. The molecular formula is C12H15N3. The maximum absolute atomic E-state index is 8.88. The first kappa shape index (κ1) is 8.96. The SMILES string of the molecule is CCCC[C@H]1[C@@H]2Cc3c(n[nH]c3C#N)[C@H]12. The summed E-state index contributed by atoms with van der Waals surface area (Å²) >= 11 is 0. The summed E-state index contributed by atoms with van der Waals surface area (Å²) in [5, 5.41) is 16.0. The smallest absolute Gasteiger partial charge is 0.138 e. The van der Waals surface area contributed by atoms with E-state index in [4.69, 9.17) is 5.26 Å². The van der Waals surface area contributed by atoms with Gasteiger partial charge in [-0.25, -0.2) is 0 Å². The van der Waals surface area contributed by atoms with Crippen LogP contribution in [0.1, 0.15) is 49.1 Å². The molecule has 0 saturated heterocycles. The molecule has 3 atom stereocenters. The molecule has 15 heavy (non-hydrogen) atoms. The number of hydrogen-bond acceptors (Lipinski definition) is 2. The second kappa shape index (κ2) is 3.10. The predicted octanol–water partition coefficient (Wildman–Crippen LogP) is 2.36. The van der Waals surface area contributed by atoms with Gasteiger partial charge >= 0.3 is 0 Å². The monoisotopic (exact) mass is 201 g/mol. The third kappa shape index (κ3) is 1.14. The van der Waals surface area contributed by atoms with Gasteiger partial charge in [-0.15, -0.1) is 0 Å². The van der Waals surface area contributed by atoms with Crippen LogP contribution in [0.4, 0.5) is 0 Å². The lowest BCUT2D eigenvalue weighted by Gasteiger charge is -2.01. The van der Waals surface area contributed by atoms with Crippen LogP contribution >= 0.6 is 0 Å². The van der Waals surface area contributed by atoms with E-state index < -0.39 is 0 Å². The number of nitriles is 1. The van der Waals surface area contributed by atoms with Gasteiger partial charge in [0, 0.05) is 11.5 Å². The quantitative estimate of drug-likeness (QED) is 0.816. The van der Waals surface area contributed by atoms with Gasteiger partial charge in [0.1, 0.15) is 11.8 Å². The van der Waals surface area contributed by atoms with Crippen LogP contribution in [0.2, 0.25) is 0 Å². The van der Waals surface area contributed by atoms with Gasteiger partial charge < -0.3 is 0 Å². The minimum atomic E-state index is 0.685. The molecule has 1 fully saturated rings. The largest absolute Gasteiger partial charge is 0.267 e. The van der Waals surface area contributed by atoms with Gasteiger partial charge in [0.2, 0.25) is 0 Å². The highest BCUT2D eigenvalue weighted by Gasteiger charge is 2.57. The highest BCUT2D eigenvalue weighted by molar-refractivity contribution is 5.45. The Bertz CT molecular complexity index is 427. The van der Waals surface area contributed by atoms with Crippen molar-refractivity contribution < 1.29 is 0 Å². The number of aromatic amines is 1. The van der Waals surface area contributed by atoms with Crippen molar-refractivity contribution in [1.29, 1.82) is 5.26 Å².